The molecule has 3 unspecified atom stereocenters. The van der Waals surface area contributed by atoms with Gasteiger partial charge in [-0.1, -0.05) is 28.6 Å². The molecule has 4 heterocycles. The summed E-state index contributed by atoms with van der Waals surface area (Å²) < 4.78 is 7.09. The van der Waals surface area contributed by atoms with Crippen molar-refractivity contribution in [3.8, 4) is 10.7 Å². The van der Waals surface area contributed by atoms with Crippen molar-refractivity contribution in [2.75, 3.05) is 6.61 Å². The summed E-state index contributed by atoms with van der Waals surface area (Å²) in [6.45, 7) is -0.413. The molecule has 9 nitrogen and oxygen atoms in total. The van der Waals surface area contributed by atoms with E-state index in [-0.39, 0.29) is 0 Å². The van der Waals surface area contributed by atoms with Crippen LogP contribution in [0, 0.1) is 0 Å². The van der Waals surface area contributed by atoms with Crippen LogP contribution >= 0.6 is 34.7 Å². The molecule has 0 amide bonds. The number of nitrogens with zero attached hydrogens (tertiary/aromatic N) is 5. The average molecular weight is 442 g/mol. The first-order valence-corrected chi connectivity index (χ1v) is 10.4. The van der Waals surface area contributed by atoms with Gasteiger partial charge in [-0.3, -0.25) is 4.98 Å². The Morgan fingerprint density at radius 3 is 2.86 bits per heavy atom. The van der Waals surface area contributed by atoms with E-state index in [1.54, 1.807) is 24.7 Å². The first-order chi connectivity index (χ1) is 13.6. The van der Waals surface area contributed by atoms with Gasteiger partial charge in [0.2, 0.25) is 0 Å². The number of thioether (sulfide) groups is 1. The summed E-state index contributed by atoms with van der Waals surface area (Å²) in [5.74, 6) is 0. The van der Waals surface area contributed by atoms with E-state index in [1.165, 1.54) is 34.0 Å². The minimum Gasteiger partial charge on any atom is -0.394 e. The summed E-state index contributed by atoms with van der Waals surface area (Å²) in [6, 6.07) is 0.830. The Labute approximate surface area is 173 Å². The van der Waals surface area contributed by atoms with Gasteiger partial charge in [0, 0.05) is 28.9 Å². The quantitative estimate of drug-likeness (QED) is 0.535. The Kier molecular flexibility index (Phi) is 5.92. The number of aliphatic hydroxyl groups excluding tert-OH is 3. The Balaban J connectivity index is 1.61. The van der Waals surface area contributed by atoms with Crippen molar-refractivity contribution in [2.45, 2.75) is 34.7 Å². The second-order valence-electron chi connectivity index (χ2n) is 6.08. The lowest BCUT2D eigenvalue weighted by atomic mass is 9.97. The van der Waals surface area contributed by atoms with Gasteiger partial charge in [0.1, 0.15) is 40.5 Å². The number of hydrogen-bond donors (Lipinski definition) is 3. The highest BCUT2D eigenvalue weighted by molar-refractivity contribution is 7.99. The van der Waals surface area contributed by atoms with Crippen LogP contribution in [0.4, 0.5) is 0 Å². The van der Waals surface area contributed by atoms with E-state index < -0.39 is 36.4 Å². The van der Waals surface area contributed by atoms with Gasteiger partial charge >= 0.3 is 0 Å². The Bertz CT molecular complexity index is 927. The van der Waals surface area contributed by atoms with Gasteiger partial charge in [0.25, 0.3) is 0 Å². The second-order valence-corrected chi connectivity index (χ2v) is 8.58. The number of aliphatic hydroxyl groups is 3. The van der Waals surface area contributed by atoms with Crippen LogP contribution in [0.15, 0.2) is 41.1 Å². The molecule has 0 bridgehead atoms. The molecule has 28 heavy (non-hydrogen) atoms. The summed E-state index contributed by atoms with van der Waals surface area (Å²) in [6.07, 6.45) is 3.15. The molecule has 0 saturated carbocycles. The van der Waals surface area contributed by atoms with Crippen LogP contribution in [0.3, 0.4) is 0 Å². The fraction of sp³-hybridized carbons (Fsp3) is 0.375. The van der Waals surface area contributed by atoms with Gasteiger partial charge < -0.3 is 20.1 Å². The Hall–Kier alpha value is -1.60. The van der Waals surface area contributed by atoms with E-state index in [1.807, 2.05) is 5.38 Å². The first-order valence-electron chi connectivity index (χ1n) is 8.28. The molecule has 3 aromatic heterocycles. The number of thiazole rings is 1. The minimum absolute atomic E-state index is 0.413. The van der Waals surface area contributed by atoms with Crippen molar-refractivity contribution in [1.82, 2.24) is 25.0 Å². The lowest BCUT2D eigenvalue weighted by Crippen LogP contribution is -2.55. The van der Waals surface area contributed by atoms with Gasteiger partial charge in [-0.15, -0.1) is 16.4 Å². The summed E-state index contributed by atoms with van der Waals surface area (Å²) in [5.41, 5.74) is -0.247. The van der Waals surface area contributed by atoms with Crippen molar-refractivity contribution in [1.29, 1.82) is 0 Å². The van der Waals surface area contributed by atoms with Crippen LogP contribution < -0.4 is 0 Å². The number of pyridine rings is 1. The Morgan fingerprint density at radius 1 is 1.29 bits per heavy atom. The maximum atomic E-state index is 10.9. The largest absolute Gasteiger partial charge is 0.394 e. The summed E-state index contributed by atoms with van der Waals surface area (Å²) in [4.78, 5) is 8.88. The normalized spacial score (nSPS) is 27.8. The fourth-order valence-corrected chi connectivity index (χ4v) is 4.85. The molecule has 12 heteroatoms. The zero-order chi connectivity index (χ0) is 19.7. The maximum absolute atomic E-state index is 10.9. The molecule has 1 aliphatic heterocycles. The predicted octanol–water partition coefficient (Wildman–Crippen LogP) is 1.22. The van der Waals surface area contributed by atoms with Crippen LogP contribution in [0.1, 0.15) is 6.04 Å². The molecule has 148 valence electrons. The third-order valence-corrected chi connectivity index (χ3v) is 6.37. The molecule has 0 aliphatic carbocycles. The van der Waals surface area contributed by atoms with Gasteiger partial charge in [0.15, 0.2) is 0 Å². The SMILES string of the molecule is OCC1O[C@H](Sc2cncc(Cl)c2)C(O)C(n2cc(-c3nccs3)nn2)[C@H]1O. The predicted molar refractivity (Wildman–Crippen MR) is 103 cm³/mol. The number of halogens is 1. The van der Waals surface area contributed by atoms with E-state index in [9.17, 15) is 15.3 Å². The summed E-state index contributed by atoms with van der Waals surface area (Å²) >= 11 is 8.57. The van der Waals surface area contributed by atoms with E-state index >= 15 is 0 Å². The number of ether oxygens (including phenoxy) is 1. The molecule has 3 N–H and O–H groups in total. The summed E-state index contributed by atoms with van der Waals surface area (Å²) in [5, 5.41) is 42.2. The van der Waals surface area contributed by atoms with Crippen LogP contribution in [0.25, 0.3) is 10.7 Å². The van der Waals surface area contributed by atoms with Crippen molar-refractivity contribution in [3.05, 3.63) is 41.3 Å². The zero-order valence-corrected chi connectivity index (χ0v) is 16.6. The summed E-state index contributed by atoms with van der Waals surface area (Å²) in [7, 11) is 0. The smallest absolute Gasteiger partial charge is 0.145 e. The van der Waals surface area contributed by atoms with E-state index in [4.69, 9.17) is 16.3 Å². The average Bonchev–Trinajstić information content (AvgIpc) is 3.36. The third kappa shape index (κ3) is 3.92. The standard InChI is InChI=1S/C16H16ClN5O4S2/c17-8-3-9(5-18-4-8)28-16-14(25)12(13(24)11(7-23)26-16)22-6-10(20-21-22)15-19-1-2-27-15/h1-6,11-14,16,23-25H,7H2/t11?,12?,13-,14?,16+/m0/s1. The highest BCUT2D eigenvalue weighted by Crippen LogP contribution is 2.38. The molecule has 1 fully saturated rings. The van der Waals surface area contributed by atoms with Crippen molar-refractivity contribution in [2.24, 2.45) is 0 Å². The molecule has 0 aromatic carbocycles. The fourth-order valence-electron chi connectivity index (χ4n) is 2.94. The van der Waals surface area contributed by atoms with Gasteiger partial charge in [0.05, 0.1) is 17.8 Å². The second kappa shape index (κ2) is 8.41. The van der Waals surface area contributed by atoms with Crippen molar-refractivity contribution >= 4 is 34.7 Å². The number of hydrogen-bond acceptors (Lipinski definition) is 10. The lowest BCUT2D eigenvalue weighted by molar-refractivity contribution is -0.178. The van der Waals surface area contributed by atoms with Crippen LogP contribution in [0.2, 0.25) is 5.02 Å². The molecule has 1 saturated heterocycles. The number of rotatable bonds is 5. The van der Waals surface area contributed by atoms with Gasteiger partial charge in [-0.25, -0.2) is 9.67 Å². The molecule has 1 aliphatic rings. The third-order valence-electron chi connectivity index (χ3n) is 4.25. The highest BCUT2D eigenvalue weighted by Gasteiger charge is 2.46. The van der Waals surface area contributed by atoms with E-state index in [0.717, 1.165) is 0 Å². The highest BCUT2D eigenvalue weighted by atomic mass is 35.5. The number of aromatic nitrogens is 5. The molecular formula is C16H16ClN5O4S2. The molecule has 3 aromatic rings. The maximum Gasteiger partial charge on any atom is 0.145 e. The van der Waals surface area contributed by atoms with Crippen LogP contribution in [-0.4, -0.2) is 70.6 Å². The van der Waals surface area contributed by atoms with Crippen LogP contribution in [-0.2, 0) is 4.74 Å². The molecule has 0 radical (unpaired) electrons. The molecule has 5 atom stereocenters. The molecule has 4 rings (SSSR count). The first kappa shape index (κ1) is 19.7. The minimum atomic E-state index is -1.18. The van der Waals surface area contributed by atoms with Gasteiger partial charge in [-0.2, -0.15) is 0 Å². The zero-order valence-electron chi connectivity index (χ0n) is 14.2. The van der Waals surface area contributed by atoms with Gasteiger partial charge in [-0.05, 0) is 6.07 Å². The molecular weight excluding hydrogens is 426 g/mol. The van der Waals surface area contributed by atoms with E-state index in [0.29, 0.717) is 20.6 Å². The van der Waals surface area contributed by atoms with Crippen LogP contribution in [0.5, 0.6) is 0 Å². The topological polar surface area (TPSA) is 126 Å². The van der Waals surface area contributed by atoms with Crippen molar-refractivity contribution in [3.63, 3.8) is 0 Å². The molecule has 0 spiro atoms. The van der Waals surface area contributed by atoms with E-state index in [2.05, 4.69) is 20.3 Å². The lowest BCUT2D eigenvalue weighted by Gasteiger charge is -2.41. The Morgan fingerprint density at radius 2 is 2.14 bits per heavy atom. The monoisotopic (exact) mass is 441 g/mol. The van der Waals surface area contributed by atoms with Crippen molar-refractivity contribution < 1.29 is 20.1 Å².